The van der Waals surface area contributed by atoms with Gasteiger partial charge in [0.25, 0.3) is 11.5 Å². The summed E-state index contributed by atoms with van der Waals surface area (Å²) in [5.74, 6) is -1.03. The van der Waals surface area contributed by atoms with Crippen molar-refractivity contribution in [1.82, 2.24) is 18.9 Å². The van der Waals surface area contributed by atoms with Crippen LogP contribution in [-0.4, -0.2) is 39.1 Å². The zero-order valence-electron chi connectivity index (χ0n) is 20.5. The number of hydrogen-bond acceptors (Lipinski definition) is 6. The SMILES string of the molecule is CC(C)n1cc(-n2cc(C(=O)Nc3cccc(S(=O)(=O)CN)c3)c3c4ccccc4n(C)c(=O)c32)cn1. The van der Waals surface area contributed by atoms with Gasteiger partial charge in [0.15, 0.2) is 9.84 Å². The summed E-state index contributed by atoms with van der Waals surface area (Å²) in [5.41, 5.74) is 7.35. The van der Waals surface area contributed by atoms with Gasteiger partial charge in [-0.1, -0.05) is 24.3 Å². The van der Waals surface area contributed by atoms with E-state index in [-0.39, 0.29) is 22.1 Å². The van der Waals surface area contributed by atoms with Gasteiger partial charge in [-0.05, 0) is 38.1 Å². The first kappa shape index (κ1) is 24.5. The molecule has 0 saturated carbocycles. The van der Waals surface area contributed by atoms with Crippen molar-refractivity contribution < 1.29 is 13.2 Å². The van der Waals surface area contributed by atoms with E-state index in [0.717, 1.165) is 5.39 Å². The summed E-state index contributed by atoms with van der Waals surface area (Å²) in [7, 11) is -1.97. The van der Waals surface area contributed by atoms with Crippen LogP contribution in [0.5, 0.6) is 0 Å². The number of sulfone groups is 1. The molecule has 0 aliphatic heterocycles. The van der Waals surface area contributed by atoms with E-state index < -0.39 is 21.6 Å². The number of aryl methyl sites for hydroxylation is 1. The van der Waals surface area contributed by atoms with Crippen molar-refractivity contribution in [3.8, 4) is 5.69 Å². The normalized spacial score (nSPS) is 12.0. The van der Waals surface area contributed by atoms with Crippen LogP contribution >= 0.6 is 0 Å². The molecule has 190 valence electrons. The number of aromatic nitrogens is 4. The average Bonchev–Trinajstić information content (AvgIpc) is 3.53. The van der Waals surface area contributed by atoms with Crippen LogP contribution in [0.25, 0.3) is 27.5 Å². The van der Waals surface area contributed by atoms with Gasteiger partial charge < -0.3 is 20.2 Å². The third-order valence-electron chi connectivity index (χ3n) is 6.36. The molecule has 5 rings (SSSR count). The van der Waals surface area contributed by atoms with Crippen molar-refractivity contribution in [2.45, 2.75) is 24.8 Å². The van der Waals surface area contributed by atoms with E-state index in [9.17, 15) is 18.0 Å². The van der Waals surface area contributed by atoms with Crippen LogP contribution in [-0.2, 0) is 16.9 Å². The Balaban J connectivity index is 1.73. The first-order valence-corrected chi connectivity index (χ1v) is 13.3. The van der Waals surface area contributed by atoms with Crippen molar-refractivity contribution in [1.29, 1.82) is 0 Å². The third-order valence-corrected chi connectivity index (χ3v) is 7.77. The van der Waals surface area contributed by atoms with Crippen LogP contribution in [0.1, 0.15) is 30.2 Å². The van der Waals surface area contributed by atoms with E-state index in [1.54, 1.807) is 39.3 Å². The van der Waals surface area contributed by atoms with E-state index in [4.69, 9.17) is 5.73 Å². The number of carbonyl (C=O) groups is 1. The molecule has 5 aromatic rings. The minimum absolute atomic E-state index is 0.00986. The van der Waals surface area contributed by atoms with Crippen molar-refractivity contribution in [2.75, 3.05) is 11.2 Å². The highest BCUT2D eigenvalue weighted by Gasteiger charge is 2.23. The largest absolute Gasteiger partial charge is 0.322 e. The summed E-state index contributed by atoms with van der Waals surface area (Å²) in [6.45, 7) is 3.99. The van der Waals surface area contributed by atoms with Crippen LogP contribution in [0, 0.1) is 0 Å². The molecule has 37 heavy (non-hydrogen) atoms. The van der Waals surface area contributed by atoms with Crippen LogP contribution in [0.4, 0.5) is 5.69 Å². The van der Waals surface area contributed by atoms with Gasteiger partial charge in [-0.3, -0.25) is 14.3 Å². The lowest BCUT2D eigenvalue weighted by molar-refractivity contribution is 0.102. The van der Waals surface area contributed by atoms with Crippen LogP contribution in [0.15, 0.2) is 76.8 Å². The van der Waals surface area contributed by atoms with E-state index in [1.165, 1.54) is 18.2 Å². The molecule has 3 aromatic heterocycles. The highest BCUT2D eigenvalue weighted by Crippen LogP contribution is 2.30. The van der Waals surface area contributed by atoms with Gasteiger partial charge >= 0.3 is 0 Å². The highest BCUT2D eigenvalue weighted by molar-refractivity contribution is 7.91. The van der Waals surface area contributed by atoms with Crippen LogP contribution < -0.4 is 16.6 Å². The topological polar surface area (TPSA) is 134 Å². The van der Waals surface area contributed by atoms with Crippen molar-refractivity contribution in [2.24, 2.45) is 12.8 Å². The fourth-order valence-corrected chi connectivity index (χ4v) is 5.19. The predicted molar refractivity (Wildman–Crippen MR) is 143 cm³/mol. The second-order valence-corrected chi connectivity index (χ2v) is 11.1. The Morgan fingerprint density at radius 1 is 1.11 bits per heavy atom. The molecule has 0 fully saturated rings. The number of rotatable bonds is 6. The monoisotopic (exact) mass is 518 g/mol. The molecule has 10 nitrogen and oxygen atoms in total. The quantitative estimate of drug-likeness (QED) is 0.355. The van der Waals surface area contributed by atoms with Gasteiger partial charge in [-0.2, -0.15) is 5.10 Å². The zero-order valence-corrected chi connectivity index (χ0v) is 21.4. The van der Waals surface area contributed by atoms with Crippen LogP contribution in [0.2, 0.25) is 0 Å². The Bertz CT molecular complexity index is 1850. The highest BCUT2D eigenvalue weighted by atomic mass is 32.2. The van der Waals surface area contributed by atoms with Gasteiger partial charge in [0.05, 0.1) is 27.9 Å². The lowest BCUT2D eigenvalue weighted by Gasteiger charge is -2.10. The Morgan fingerprint density at radius 2 is 1.86 bits per heavy atom. The molecule has 3 heterocycles. The number of carbonyl (C=O) groups excluding carboxylic acids is 1. The number of anilines is 1. The average molecular weight is 519 g/mol. The summed E-state index contributed by atoms with van der Waals surface area (Å²) < 4.78 is 29.5. The number of nitrogens with one attached hydrogen (secondary N) is 1. The number of hydrogen-bond donors (Lipinski definition) is 2. The third kappa shape index (κ3) is 4.11. The molecule has 0 aliphatic carbocycles. The molecular weight excluding hydrogens is 492 g/mol. The Kier molecular flexibility index (Phi) is 5.97. The number of pyridine rings is 1. The molecule has 0 saturated heterocycles. The van der Waals surface area contributed by atoms with Gasteiger partial charge in [0.2, 0.25) is 0 Å². The summed E-state index contributed by atoms with van der Waals surface area (Å²) in [4.78, 5) is 27.2. The van der Waals surface area contributed by atoms with Gasteiger partial charge in [-0.25, -0.2) is 8.42 Å². The molecule has 11 heteroatoms. The Labute approximate surface area is 212 Å². The number of nitrogens with two attached hydrogens (primary N) is 1. The second-order valence-electron chi connectivity index (χ2n) is 9.05. The molecule has 0 bridgehead atoms. The summed E-state index contributed by atoms with van der Waals surface area (Å²) in [6, 6.07) is 13.4. The van der Waals surface area contributed by atoms with Crippen molar-refractivity contribution >= 4 is 43.2 Å². The van der Waals surface area contributed by atoms with Crippen molar-refractivity contribution in [3.05, 3.63) is 83.0 Å². The Hall–Kier alpha value is -4.22. The fraction of sp³-hybridized carbons (Fsp3) is 0.192. The van der Waals surface area contributed by atoms with Crippen molar-refractivity contribution in [3.63, 3.8) is 0 Å². The minimum atomic E-state index is -3.66. The lowest BCUT2D eigenvalue weighted by atomic mass is 10.1. The maximum absolute atomic E-state index is 13.6. The number of fused-ring (bicyclic) bond motifs is 3. The summed E-state index contributed by atoms with van der Waals surface area (Å²) in [5, 5.41) is 8.42. The molecule has 2 aromatic carbocycles. The van der Waals surface area contributed by atoms with E-state index in [2.05, 4.69) is 10.4 Å². The van der Waals surface area contributed by atoms with Gasteiger partial charge in [0.1, 0.15) is 11.4 Å². The number of benzene rings is 2. The lowest BCUT2D eigenvalue weighted by Crippen LogP contribution is -2.19. The number of para-hydroxylation sites is 1. The maximum Gasteiger partial charge on any atom is 0.275 e. The molecule has 0 aliphatic rings. The minimum Gasteiger partial charge on any atom is -0.322 e. The zero-order chi connectivity index (χ0) is 26.5. The molecule has 3 N–H and O–H groups in total. The van der Waals surface area contributed by atoms with Gasteiger partial charge in [0, 0.05) is 41.9 Å². The summed E-state index contributed by atoms with van der Waals surface area (Å²) >= 11 is 0. The molecule has 1 amide bonds. The molecule has 0 atom stereocenters. The second kappa shape index (κ2) is 9.02. The number of nitrogens with zero attached hydrogens (tertiary/aromatic N) is 4. The maximum atomic E-state index is 13.6. The number of amides is 1. The first-order chi connectivity index (χ1) is 17.6. The Morgan fingerprint density at radius 3 is 2.57 bits per heavy atom. The van der Waals surface area contributed by atoms with Gasteiger partial charge in [-0.15, -0.1) is 0 Å². The molecule has 0 radical (unpaired) electrons. The smallest absolute Gasteiger partial charge is 0.275 e. The molecule has 0 spiro atoms. The fourth-order valence-electron chi connectivity index (χ4n) is 4.41. The summed E-state index contributed by atoms with van der Waals surface area (Å²) in [6.07, 6.45) is 5.09. The first-order valence-electron chi connectivity index (χ1n) is 11.6. The van der Waals surface area contributed by atoms with E-state index >= 15 is 0 Å². The standard InChI is InChI=1S/C26H26N6O4S/c1-16(2)32-13-18(12-28-32)31-14-21(23-20-9-4-5-10-22(20)30(3)26(34)24(23)31)25(33)29-17-7-6-8-19(11-17)37(35,36)15-27/h4-14,16H,15,27H2,1-3H3,(H,29,33). The molecular formula is C26H26N6O4S. The van der Waals surface area contributed by atoms with E-state index in [1.807, 2.05) is 44.3 Å². The molecule has 0 unspecified atom stereocenters. The predicted octanol–water partition coefficient (Wildman–Crippen LogP) is 3.20. The van der Waals surface area contributed by atoms with Crippen LogP contribution in [0.3, 0.4) is 0 Å². The van der Waals surface area contributed by atoms with E-state index in [0.29, 0.717) is 27.8 Å².